The van der Waals surface area contributed by atoms with Gasteiger partial charge in [0.15, 0.2) is 5.11 Å². The molecule has 2 rings (SSSR count). The number of hydrogen-bond acceptors (Lipinski definition) is 3. The van der Waals surface area contributed by atoms with Crippen molar-refractivity contribution in [1.82, 2.24) is 15.6 Å². The van der Waals surface area contributed by atoms with Crippen LogP contribution in [-0.2, 0) is 0 Å². The van der Waals surface area contributed by atoms with Gasteiger partial charge in [0.1, 0.15) is 0 Å². The van der Waals surface area contributed by atoms with E-state index in [4.69, 9.17) is 12.2 Å². The molecule has 0 aliphatic heterocycles. The molecule has 0 radical (unpaired) electrons. The molecular formula is C16H23N3OS. The molecular weight excluding hydrogens is 282 g/mol. The first-order valence-corrected chi connectivity index (χ1v) is 7.78. The Balaban J connectivity index is 1.88. The molecule has 2 unspecified atom stereocenters. The number of rotatable bonds is 2. The second-order valence-corrected chi connectivity index (χ2v) is 7.19. The highest BCUT2D eigenvalue weighted by molar-refractivity contribution is 7.80. The summed E-state index contributed by atoms with van der Waals surface area (Å²) in [7, 11) is 0. The van der Waals surface area contributed by atoms with Gasteiger partial charge in [0.2, 0.25) is 0 Å². The molecule has 1 heterocycles. The predicted octanol–water partition coefficient (Wildman–Crippen LogP) is 2.90. The molecule has 1 fully saturated rings. The minimum atomic E-state index is -0.219. The van der Waals surface area contributed by atoms with Crippen LogP contribution in [0.15, 0.2) is 24.5 Å². The largest absolute Gasteiger partial charge is 0.360 e. The number of pyridine rings is 1. The second-order valence-electron chi connectivity index (χ2n) is 6.78. The van der Waals surface area contributed by atoms with Gasteiger partial charge in [-0.3, -0.25) is 15.1 Å². The number of hydrogen-bond donors (Lipinski definition) is 2. The van der Waals surface area contributed by atoms with E-state index in [1.165, 1.54) is 12.6 Å². The van der Waals surface area contributed by atoms with Crippen LogP contribution in [0.3, 0.4) is 0 Å². The van der Waals surface area contributed by atoms with Crippen molar-refractivity contribution in [2.75, 3.05) is 0 Å². The summed E-state index contributed by atoms with van der Waals surface area (Å²) < 4.78 is 0. The van der Waals surface area contributed by atoms with Gasteiger partial charge in [-0.1, -0.05) is 20.8 Å². The van der Waals surface area contributed by atoms with Crippen molar-refractivity contribution >= 4 is 23.2 Å². The fourth-order valence-corrected chi connectivity index (χ4v) is 3.61. The highest BCUT2D eigenvalue weighted by Gasteiger charge is 2.32. The van der Waals surface area contributed by atoms with Gasteiger partial charge in [-0.05, 0) is 54.9 Å². The van der Waals surface area contributed by atoms with Crippen LogP contribution < -0.4 is 10.6 Å². The van der Waals surface area contributed by atoms with E-state index in [-0.39, 0.29) is 5.91 Å². The summed E-state index contributed by atoms with van der Waals surface area (Å²) in [6.45, 7) is 6.84. The summed E-state index contributed by atoms with van der Waals surface area (Å²) in [6.07, 6.45) is 6.56. The van der Waals surface area contributed by atoms with Crippen molar-refractivity contribution in [1.29, 1.82) is 0 Å². The van der Waals surface area contributed by atoms with Gasteiger partial charge in [0, 0.05) is 18.4 Å². The van der Waals surface area contributed by atoms with Gasteiger partial charge >= 0.3 is 0 Å². The van der Waals surface area contributed by atoms with Gasteiger partial charge in [-0.15, -0.1) is 0 Å². The summed E-state index contributed by atoms with van der Waals surface area (Å²) in [5, 5.41) is 6.41. The van der Waals surface area contributed by atoms with E-state index >= 15 is 0 Å². The molecule has 1 aromatic heterocycles. The van der Waals surface area contributed by atoms with Gasteiger partial charge in [-0.25, -0.2) is 0 Å². The third-order valence-corrected chi connectivity index (χ3v) is 4.09. The molecule has 4 nitrogen and oxygen atoms in total. The van der Waals surface area contributed by atoms with E-state index in [9.17, 15) is 4.79 Å². The van der Waals surface area contributed by atoms with E-state index in [0.717, 1.165) is 12.8 Å². The fourth-order valence-electron chi connectivity index (χ4n) is 3.35. The number of nitrogens with one attached hydrogen (secondary N) is 2. The van der Waals surface area contributed by atoms with Crippen LogP contribution in [0.2, 0.25) is 0 Å². The Morgan fingerprint density at radius 2 is 2.19 bits per heavy atom. The van der Waals surface area contributed by atoms with Gasteiger partial charge in [0.05, 0.1) is 5.56 Å². The maximum atomic E-state index is 12.0. The number of carbonyl (C=O) groups excluding carboxylic acids is 1. The first-order valence-electron chi connectivity index (χ1n) is 7.37. The molecule has 0 aromatic carbocycles. The molecule has 1 amide bonds. The van der Waals surface area contributed by atoms with Crippen LogP contribution in [0, 0.1) is 11.3 Å². The standard InChI is InChI=1S/C16H23N3OS/c1-11-7-13(9-16(2,3)8-11)18-15(21)19-14(20)12-5-4-6-17-10-12/h4-6,10-11,13H,7-9H2,1-3H3,(H2,18,19,20,21). The number of amides is 1. The molecule has 1 aliphatic rings. The molecule has 0 saturated heterocycles. The van der Waals surface area contributed by atoms with Crippen LogP contribution >= 0.6 is 12.2 Å². The van der Waals surface area contributed by atoms with Crippen molar-refractivity contribution < 1.29 is 4.79 Å². The zero-order valence-electron chi connectivity index (χ0n) is 12.8. The fraction of sp³-hybridized carbons (Fsp3) is 0.562. The van der Waals surface area contributed by atoms with E-state index in [0.29, 0.717) is 28.1 Å². The van der Waals surface area contributed by atoms with E-state index in [1.807, 2.05) is 0 Å². The first-order chi connectivity index (χ1) is 9.85. The van der Waals surface area contributed by atoms with E-state index < -0.39 is 0 Å². The van der Waals surface area contributed by atoms with Crippen LogP contribution in [0.25, 0.3) is 0 Å². The predicted molar refractivity (Wildman–Crippen MR) is 88.0 cm³/mol. The minimum Gasteiger partial charge on any atom is -0.360 e. The lowest BCUT2D eigenvalue weighted by Crippen LogP contribution is -2.48. The molecule has 0 spiro atoms. The normalized spacial score (nSPS) is 24.1. The monoisotopic (exact) mass is 305 g/mol. The average Bonchev–Trinajstić information content (AvgIpc) is 2.36. The first kappa shape index (κ1) is 15.9. The summed E-state index contributed by atoms with van der Waals surface area (Å²) >= 11 is 5.26. The van der Waals surface area contributed by atoms with Crippen LogP contribution in [0.4, 0.5) is 0 Å². The van der Waals surface area contributed by atoms with Crippen LogP contribution in [0.5, 0.6) is 0 Å². The number of aromatic nitrogens is 1. The summed E-state index contributed by atoms with van der Waals surface area (Å²) in [4.78, 5) is 15.9. The number of thiocarbonyl (C=S) groups is 1. The smallest absolute Gasteiger partial charge is 0.258 e. The molecule has 2 N–H and O–H groups in total. The Morgan fingerprint density at radius 1 is 1.43 bits per heavy atom. The lowest BCUT2D eigenvalue weighted by Gasteiger charge is -2.39. The minimum absolute atomic E-state index is 0.219. The zero-order valence-corrected chi connectivity index (χ0v) is 13.7. The molecule has 1 saturated carbocycles. The third-order valence-electron chi connectivity index (χ3n) is 3.87. The molecule has 21 heavy (non-hydrogen) atoms. The lowest BCUT2D eigenvalue weighted by atomic mass is 9.71. The molecule has 2 atom stereocenters. The molecule has 114 valence electrons. The second kappa shape index (κ2) is 6.52. The van der Waals surface area contributed by atoms with Crippen molar-refractivity contribution in [2.45, 2.75) is 46.1 Å². The average molecular weight is 305 g/mol. The lowest BCUT2D eigenvalue weighted by molar-refractivity contribution is 0.0975. The zero-order chi connectivity index (χ0) is 15.5. The van der Waals surface area contributed by atoms with Gasteiger partial charge in [-0.2, -0.15) is 0 Å². The number of carbonyl (C=O) groups is 1. The maximum absolute atomic E-state index is 12.0. The Kier molecular flexibility index (Phi) is 4.93. The Morgan fingerprint density at radius 3 is 2.81 bits per heavy atom. The number of nitrogens with zero attached hydrogens (tertiary/aromatic N) is 1. The van der Waals surface area contributed by atoms with Crippen molar-refractivity contribution in [3.05, 3.63) is 30.1 Å². The Bertz CT molecular complexity index is 516. The summed E-state index contributed by atoms with van der Waals surface area (Å²) in [5.41, 5.74) is 0.831. The van der Waals surface area contributed by atoms with Crippen molar-refractivity contribution in [2.24, 2.45) is 11.3 Å². The molecule has 0 bridgehead atoms. The SMILES string of the molecule is CC1CC(NC(=S)NC(=O)c2cccnc2)CC(C)(C)C1. The maximum Gasteiger partial charge on any atom is 0.258 e. The quantitative estimate of drug-likeness (QED) is 0.825. The van der Waals surface area contributed by atoms with E-state index in [1.54, 1.807) is 18.3 Å². The van der Waals surface area contributed by atoms with Crippen molar-refractivity contribution in [3.8, 4) is 0 Å². The highest BCUT2D eigenvalue weighted by Crippen LogP contribution is 2.38. The summed E-state index contributed by atoms with van der Waals surface area (Å²) in [6, 6.07) is 3.78. The molecule has 1 aromatic rings. The third kappa shape index (κ3) is 4.77. The van der Waals surface area contributed by atoms with Gasteiger partial charge < -0.3 is 5.32 Å². The van der Waals surface area contributed by atoms with Crippen LogP contribution in [-0.4, -0.2) is 22.0 Å². The summed E-state index contributed by atoms with van der Waals surface area (Å²) in [5.74, 6) is 0.451. The highest BCUT2D eigenvalue weighted by atomic mass is 32.1. The topological polar surface area (TPSA) is 54.0 Å². The van der Waals surface area contributed by atoms with Crippen LogP contribution in [0.1, 0.15) is 50.4 Å². The Hall–Kier alpha value is -1.49. The Labute approximate surface area is 131 Å². The molecule has 1 aliphatic carbocycles. The van der Waals surface area contributed by atoms with Crippen molar-refractivity contribution in [3.63, 3.8) is 0 Å². The molecule has 5 heteroatoms. The van der Waals surface area contributed by atoms with E-state index in [2.05, 4.69) is 36.4 Å². The van der Waals surface area contributed by atoms with Gasteiger partial charge in [0.25, 0.3) is 5.91 Å².